The van der Waals surface area contributed by atoms with E-state index in [0.29, 0.717) is 25.9 Å². The van der Waals surface area contributed by atoms with Gasteiger partial charge < -0.3 is 21.5 Å². The van der Waals surface area contributed by atoms with E-state index in [0.717, 1.165) is 5.56 Å². The molecule has 2 aliphatic heterocycles. The average molecular weight is 360 g/mol. The molecule has 4 unspecified atom stereocenters. The van der Waals surface area contributed by atoms with E-state index in [1.165, 1.54) is 6.92 Å². The van der Waals surface area contributed by atoms with Gasteiger partial charge in [-0.3, -0.25) is 19.3 Å². The van der Waals surface area contributed by atoms with Crippen molar-refractivity contribution in [3.8, 4) is 0 Å². The first kappa shape index (κ1) is 18.3. The van der Waals surface area contributed by atoms with Crippen molar-refractivity contribution >= 4 is 17.7 Å². The maximum absolute atomic E-state index is 12.8. The van der Waals surface area contributed by atoms with Gasteiger partial charge in [-0.2, -0.15) is 0 Å². The average Bonchev–Trinajstić information content (AvgIpc) is 3.00. The fourth-order valence-corrected chi connectivity index (χ4v) is 3.76. The molecule has 0 aliphatic carbocycles. The molecule has 26 heavy (non-hydrogen) atoms. The molecule has 8 nitrogen and oxygen atoms in total. The van der Waals surface area contributed by atoms with Crippen molar-refractivity contribution in [2.45, 2.75) is 50.0 Å². The fourth-order valence-electron chi connectivity index (χ4n) is 3.76. The third-order valence-corrected chi connectivity index (χ3v) is 5.31. The van der Waals surface area contributed by atoms with E-state index >= 15 is 0 Å². The summed E-state index contributed by atoms with van der Waals surface area (Å²) in [5.41, 5.74) is 5.57. The molecule has 0 bridgehead atoms. The third kappa shape index (κ3) is 3.17. The largest absolute Gasteiger partial charge is 0.391 e. The normalized spacial score (nSPS) is 27.5. The lowest BCUT2D eigenvalue weighted by Gasteiger charge is -2.46. The Morgan fingerprint density at radius 3 is 2.62 bits per heavy atom. The van der Waals surface area contributed by atoms with Gasteiger partial charge in [0.2, 0.25) is 17.7 Å². The number of nitrogens with zero attached hydrogens (tertiary/aromatic N) is 1. The molecule has 2 fully saturated rings. The standard InChI is InChI=1S/C18H24N4O4/c1-11(23)14(15(19)24)21-16(25)13-7-8-18(10-20-17(18)26)22(13)9-12-5-3-2-4-6-12/h2-6,11,13-14,23H,7-10H2,1H3,(H2,19,24)(H,20,26)(H,21,25). The summed E-state index contributed by atoms with van der Waals surface area (Å²) in [5, 5.41) is 15.0. The molecule has 3 amide bonds. The SMILES string of the molecule is CC(O)C(NC(=O)C1CCC2(CNC2=O)N1Cc1ccccc1)C(N)=O. The highest BCUT2D eigenvalue weighted by Gasteiger charge is 2.58. The Morgan fingerprint density at radius 1 is 1.42 bits per heavy atom. The molecule has 1 aromatic carbocycles. The number of aliphatic hydroxyl groups is 1. The highest BCUT2D eigenvalue weighted by atomic mass is 16.3. The van der Waals surface area contributed by atoms with Crippen molar-refractivity contribution < 1.29 is 19.5 Å². The van der Waals surface area contributed by atoms with Crippen LogP contribution in [0.3, 0.4) is 0 Å². The van der Waals surface area contributed by atoms with Crippen LogP contribution in [-0.2, 0) is 20.9 Å². The van der Waals surface area contributed by atoms with Crippen LogP contribution >= 0.6 is 0 Å². The minimum Gasteiger partial charge on any atom is -0.391 e. The fraction of sp³-hybridized carbons (Fsp3) is 0.500. The van der Waals surface area contributed by atoms with Gasteiger partial charge in [0, 0.05) is 13.1 Å². The monoisotopic (exact) mass is 360 g/mol. The van der Waals surface area contributed by atoms with Crippen LogP contribution in [0.25, 0.3) is 0 Å². The molecule has 0 saturated carbocycles. The summed E-state index contributed by atoms with van der Waals surface area (Å²) < 4.78 is 0. The number of hydrogen-bond acceptors (Lipinski definition) is 5. The van der Waals surface area contributed by atoms with Crippen molar-refractivity contribution in [3.05, 3.63) is 35.9 Å². The maximum atomic E-state index is 12.8. The van der Waals surface area contributed by atoms with Gasteiger partial charge in [-0.15, -0.1) is 0 Å². The molecule has 3 rings (SSSR count). The number of likely N-dealkylation sites (tertiary alicyclic amines) is 1. The van der Waals surface area contributed by atoms with Crippen LogP contribution in [0, 0.1) is 0 Å². The number of carbonyl (C=O) groups excluding carboxylic acids is 3. The summed E-state index contributed by atoms with van der Waals surface area (Å²) in [5.74, 6) is -1.27. The van der Waals surface area contributed by atoms with Crippen LogP contribution in [0.5, 0.6) is 0 Å². The lowest BCUT2D eigenvalue weighted by molar-refractivity contribution is -0.145. The summed E-state index contributed by atoms with van der Waals surface area (Å²) >= 11 is 0. The van der Waals surface area contributed by atoms with E-state index in [-0.39, 0.29) is 5.91 Å². The zero-order chi connectivity index (χ0) is 18.9. The van der Waals surface area contributed by atoms with Crippen molar-refractivity contribution in [2.24, 2.45) is 5.73 Å². The van der Waals surface area contributed by atoms with Crippen molar-refractivity contribution in [3.63, 3.8) is 0 Å². The Bertz CT molecular complexity index is 708. The summed E-state index contributed by atoms with van der Waals surface area (Å²) in [7, 11) is 0. The first-order valence-corrected chi connectivity index (χ1v) is 8.72. The van der Waals surface area contributed by atoms with E-state index in [1.54, 1.807) is 0 Å². The van der Waals surface area contributed by atoms with Gasteiger partial charge in [-0.25, -0.2) is 0 Å². The van der Waals surface area contributed by atoms with E-state index < -0.39 is 35.5 Å². The Balaban J connectivity index is 1.81. The summed E-state index contributed by atoms with van der Waals surface area (Å²) in [6.45, 7) is 2.34. The highest BCUT2D eigenvalue weighted by Crippen LogP contribution is 2.39. The second-order valence-corrected chi connectivity index (χ2v) is 7.01. The van der Waals surface area contributed by atoms with Crippen molar-refractivity contribution in [2.75, 3.05) is 6.54 Å². The number of carbonyl (C=O) groups is 3. The third-order valence-electron chi connectivity index (χ3n) is 5.31. The van der Waals surface area contributed by atoms with Crippen molar-refractivity contribution in [1.82, 2.24) is 15.5 Å². The smallest absolute Gasteiger partial charge is 0.242 e. The molecule has 0 aromatic heterocycles. The van der Waals surface area contributed by atoms with E-state index in [4.69, 9.17) is 5.73 Å². The molecule has 2 saturated heterocycles. The van der Waals surface area contributed by atoms with Crippen LogP contribution < -0.4 is 16.4 Å². The first-order valence-electron chi connectivity index (χ1n) is 8.72. The Hall–Kier alpha value is -2.45. The molecule has 2 heterocycles. The van der Waals surface area contributed by atoms with Crippen LogP contribution in [-0.4, -0.2) is 58.0 Å². The molecule has 4 atom stereocenters. The van der Waals surface area contributed by atoms with Crippen molar-refractivity contribution in [1.29, 1.82) is 0 Å². The predicted octanol–water partition coefficient (Wildman–Crippen LogP) is -1.13. The van der Waals surface area contributed by atoms with Crippen LogP contribution in [0.4, 0.5) is 0 Å². The maximum Gasteiger partial charge on any atom is 0.242 e. The molecular weight excluding hydrogens is 336 g/mol. The van der Waals surface area contributed by atoms with Gasteiger partial charge in [-0.05, 0) is 25.3 Å². The number of β-lactam (4-membered cyclic amide) rings is 1. The van der Waals surface area contributed by atoms with Gasteiger partial charge in [0.25, 0.3) is 0 Å². The van der Waals surface area contributed by atoms with E-state index in [9.17, 15) is 19.5 Å². The number of rotatable bonds is 6. The zero-order valence-corrected chi connectivity index (χ0v) is 14.6. The molecule has 140 valence electrons. The molecule has 8 heteroatoms. The van der Waals surface area contributed by atoms with Gasteiger partial charge in [0.15, 0.2) is 0 Å². The minimum atomic E-state index is -1.16. The number of primary amides is 1. The topological polar surface area (TPSA) is 125 Å². The minimum absolute atomic E-state index is 0.0780. The number of nitrogens with one attached hydrogen (secondary N) is 2. The number of hydrogen-bond donors (Lipinski definition) is 4. The Morgan fingerprint density at radius 2 is 2.12 bits per heavy atom. The Labute approximate surface area is 151 Å². The molecular formula is C18H24N4O4. The molecule has 1 aromatic rings. The van der Waals surface area contributed by atoms with Gasteiger partial charge in [0.1, 0.15) is 11.6 Å². The number of aliphatic hydroxyl groups excluding tert-OH is 1. The zero-order valence-electron chi connectivity index (χ0n) is 14.6. The molecule has 1 spiro atoms. The highest BCUT2D eigenvalue weighted by molar-refractivity contribution is 5.95. The van der Waals surface area contributed by atoms with E-state index in [2.05, 4.69) is 10.6 Å². The molecule has 5 N–H and O–H groups in total. The first-order chi connectivity index (χ1) is 12.3. The Kier molecular flexibility index (Phi) is 4.97. The molecule has 0 radical (unpaired) electrons. The second kappa shape index (κ2) is 7.05. The summed E-state index contributed by atoms with van der Waals surface area (Å²) in [6.07, 6.45) is -0.0294. The van der Waals surface area contributed by atoms with Crippen LogP contribution in [0.1, 0.15) is 25.3 Å². The lowest BCUT2D eigenvalue weighted by Crippen LogP contribution is -2.72. The number of benzene rings is 1. The summed E-state index contributed by atoms with van der Waals surface area (Å²) in [4.78, 5) is 38.4. The quantitative estimate of drug-likeness (QED) is 0.478. The van der Waals surface area contributed by atoms with Gasteiger partial charge >= 0.3 is 0 Å². The lowest BCUT2D eigenvalue weighted by atomic mass is 9.88. The second-order valence-electron chi connectivity index (χ2n) is 7.01. The van der Waals surface area contributed by atoms with E-state index in [1.807, 2.05) is 35.2 Å². The summed E-state index contributed by atoms with van der Waals surface area (Å²) in [6, 6.07) is 7.88. The number of amides is 3. The van der Waals surface area contributed by atoms with Crippen LogP contribution in [0.15, 0.2) is 30.3 Å². The van der Waals surface area contributed by atoms with Gasteiger partial charge in [-0.1, -0.05) is 30.3 Å². The van der Waals surface area contributed by atoms with Gasteiger partial charge in [0.05, 0.1) is 12.1 Å². The number of nitrogens with two attached hydrogens (primary N) is 1. The molecule has 2 aliphatic rings. The predicted molar refractivity (Wildman–Crippen MR) is 93.6 cm³/mol. The van der Waals surface area contributed by atoms with Crippen LogP contribution in [0.2, 0.25) is 0 Å².